The van der Waals surface area contributed by atoms with Gasteiger partial charge in [0.2, 0.25) is 0 Å². The maximum Gasteiger partial charge on any atom is 0.134 e. The first kappa shape index (κ1) is 12.6. The third-order valence-corrected chi connectivity index (χ3v) is 3.78. The lowest BCUT2D eigenvalue weighted by atomic mass is 10.2. The van der Waals surface area contributed by atoms with Crippen molar-refractivity contribution in [1.82, 2.24) is 9.80 Å². The van der Waals surface area contributed by atoms with Gasteiger partial charge in [0.15, 0.2) is 0 Å². The number of rotatable bonds is 1. The third-order valence-electron chi connectivity index (χ3n) is 2.99. The highest BCUT2D eigenvalue weighted by molar-refractivity contribution is 7.80. The molecule has 0 atom stereocenters. The highest BCUT2D eigenvalue weighted by Crippen LogP contribution is 2.24. The van der Waals surface area contributed by atoms with Gasteiger partial charge in [-0.2, -0.15) is 0 Å². The Morgan fingerprint density at radius 3 is 2.53 bits per heavy atom. The second-order valence-electron chi connectivity index (χ2n) is 4.26. The fraction of sp³-hybridized carbons (Fsp3) is 0.417. The van der Waals surface area contributed by atoms with Gasteiger partial charge in [0.05, 0.1) is 5.02 Å². The van der Waals surface area contributed by atoms with Crippen molar-refractivity contribution in [3.8, 4) is 5.75 Å². The molecule has 5 heteroatoms. The number of thiocarbonyl (C=S) groups is 1. The van der Waals surface area contributed by atoms with Crippen LogP contribution in [0.3, 0.4) is 0 Å². The number of halogens is 1. The smallest absolute Gasteiger partial charge is 0.134 e. The van der Waals surface area contributed by atoms with E-state index in [9.17, 15) is 5.11 Å². The van der Waals surface area contributed by atoms with Crippen LogP contribution in [0.15, 0.2) is 18.2 Å². The lowest BCUT2D eigenvalue weighted by Gasteiger charge is -2.34. The van der Waals surface area contributed by atoms with Crippen LogP contribution in [-0.2, 0) is 0 Å². The molecule has 1 fully saturated rings. The molecule has 0 aromatic heterocycles. The van der Waals surface area contributed by atoms with Gasteiger partial charge in [-0.15, -0.1) is 0 Å². The summed E-state index contributed by atoms with van der Waals surface area (Å²) in [6.45, 7) is 3.92. The van der Waals surface area contributed by atoms with Crippen molar-refractivity contribution < 1.29 is 5.11 Å². The van der Waals surface area contributed by atoms with E-state index < -0.39 is 0 Å². The monoisotopic (exact) mass is 270 g/mol. The molecule has 0 saturated carbocycles. The number of aromatic hydroxyl groups is 1. The van der Waals surface area contributed by atoms with Crippen LogP contribution in [0.1, 0.15) is 5.56 Å². The molecule has 1 heterocycles. The number of likely N-dealkylation sites (N-methyl/N-ethyl adjacent to an activating group) is 1. The van der Waals surface area contributed by atoms with Crippen molar-refractivity contribution in [1.29, 1.82) is 0 Å². The van der Waals surface area contributed by atoms with Gasteiger partial charge in [-0.1, -0.05) is 23.8 Å². The standard InChI is InChI=1S/C12H15ClN2OS/c1-14-4-6-15(7-5-14)12(17)9-2-3-11(16)10(13)8-9/h2-3,8,16H,4-7H2,1H3. The van der Waals surface area contributed by atoms with Crippen molar-refractivity contribution in [2.75, 3.05) is 33.2 Å². The molecule has 17 heavy (non-hydrogen) atoms. The van der Waals surface area contributed by atoms with Crippen molar-refractivity contribution in [3.05, 3.63) is 28.8 Å². The zero-order valence-electron chi connectivity index (χ0n) is 9.69. The van der Waals surface area contributed by atoms with Crippen molar-refractivity contribution in [2.24, 2.45) is 0 Å². The Kier molecular flexibility index (Phi) is 3.86. The van der Waals surface area contributed by atoms with Gasteiger partial charge in [-0.25, -0.2) is 0 Å². The second kappa shape index (κ2) is 5.21. The highest BCUT2D eigenvalue weighted by Gasteiger charge is 2.17. The molecular weight excluding hydrogens is 256 g/mol. The van der Waals surface area contributed by atoms with E-state index >= 15 is 0 Å². The number of benzene rings is 1. The van der Waals surface area contributed by atoms with Crippen LogP contribution < -0.4 is 0 Å². The first-order valence-corrected chi connectivity index (χ1v) is 6.33. The summed E-state index contributed by atoms with van der Waals surface area (Å²) in [5.74, 6) is 0.0941. The lowest BCUT2D eigenvalue weighted by molar-refractivity contribution is 0.218. The molecule has 0 amide bonds. The molecule has 2 rings (SSSR count). The van der Waals surface area contributed by atoms with E-state index in [-0.39, 0.29) is 5.75 Å². The molecule has 1 aromatic rings. The highest BCUT2D eigenvalue weighted by atomic mass is 35.5. The second-order valence-corrected chi connectivity index (χ2v) is 5.06. The Morgan fingerprint density at radius 2 is 1.94 bits per heavy atom. The van der Waals surface area contributed by atoms with Crippen LogP contribution in [0.25, 0.3) is 0 Å². The Balaban J connectivity index is 2.11. The van der Waals surface area contributed by atoms with Crippen molar-refractivity contribution in [3.63, 3.8) is 0 Å². The molecule has 0 radical (unpaired) electrons. The molecule has 0 unspecified atom stereocenters. The zero-order chi connectivity index (χ0) is 12.4. The normalized spacial score (nSPS) is 17.2. The van der Waals surface area contributed by atoms with Crippen LogP contribution in [0.5, 0.6) is 5.75 Å². The summed E-state index contributed by atoms with van der Waals surface area (Å²) in [6.07, 6.45) is 0. The van der Waals surface area contributed by atoms with Crippen LogP contribution in [-0.4, -0.2) is 53.1 Å². The van der Waals surface area contributed by atoms with E-state index in [1.54, 1.807) is 12.1 Å². The summed E-state index contributed by atoms with van der Waals surface area (Å²) >= 11 is 11.3. The van der Waals surface area contributed by atoms with Gasteiger partial charge in [-0.3, -0.25) is 0 Å². The van der Waals surface area contributed by atoms with E-state index in [1.165, 1.54) is 0 Å². The van der Waals surface area contributed by atoms with E-state index in [2.05, 4.69) is 16.8 Å². The summed E-state index contributed by atoms with van der Waals surface area (Å²) in [6, 6.07) is 5.11. The fourth-order valence-corrected chi connectivity index (χ4v) is 2.32. The SMILES string of the molecule is CN1CCN(C(=S)c2ccc(O)c(Cl)c2)CC1. The number of phenols is 1. The predicted molar refractivity (Wildman–Crippen MR) is 73.9 cm³/mol. The lowest BCUT2D eigenvalue weighted by Crippen LogP contribution is -2.46. The van der Waals surface area contributed by atoms with Crippen LogP contribution in [0.2, 0.25) is 5.02 Å². The van der Waals surface area contributed by atoms with Crippen LogP contribution in [0.4, 0.5) is 0 Å². The number of piperazine rings is 1. The molecule has 92 valence electrons. The van der Waals surface area contributed by atoms with E-state index in [0.29, 0.717) is 5.02 Å². The molecule has 1 aromatic carbocycles. The Morgan fingerprint density at radius 1 is 1.29 bits per heavy atom. The molecule has 3 nitrogen and oxygen atoms in total. The Hall–Kier alpha value is -0.840. The molecule has 1 N–H and O–H groups in total. The third kappa shape index (κ3) is 2.89. The molecular formula is C12H15ClN2OS. The van der Waals surface area contributed by atoms with Gasteiger partial charge in [-0.05, 0) is 25.2 Å². The Bertz CT molecular complexity index is 431. The minimum Gasteiger partial charge on any atom is -0.506 e. The predicted octanol–water partition coefficient (Wildman–Crippen LogP) is 1.97. The van der Waals surface area contributed by atoms with Gasteiger partial charge in [0.1, 0.15) is 10.7 Å². The number of phenolic OH excluding ortho intramolecular Hbond substituents is 1. The van der Waals surface area contributed by atoms with E-state index in [0.717, 1.165) is 36.7 Å². The van der Waals surface area contributed by atoms with Gasteiger partial charge >= 0.3 is 0 Å². The minimum atomic E-state index is 0.0941. The molecule has 0 aliphatic carbocycles. The molecule has 1 saturated heterocycles. The summed E-state index contributed by atoms with van der Waals surface area (Å²) < 4.78 is 0. The summed E-state index contributed by atoms with van der Waals surface area (Å²) in [7, 11) is 2.11. The van der Waals surface area contributed by atoms with Gasteiger partial charge in [0.25, 0.3) is 0 Å². The topological polar surface area (TPSA) is 26.7 Å². The van der Waals surface area contributed by atoms with Crippen molar-refractivity contribution >= 4 is 28.8 Å². The molecule has 1 aliphatic rings. The first-order chi connectivity index (χ1) is 8.08. The number of nitrogens with zero attached hydrogens (tertiary/aromatic N) is 2. The van der Waals surface area contributed by atoms with Crippen LogP contribution in [0, 0.1) is 0 Å². The fourth-order valence-electron chi connectivity index (χ4n) is 1.83. The molecule has 1 aliphatic heterocycles. The van der Waals surface area contributed by atoms with E-state index in [4.69, 9.17) is 23.8 Å². The average molecular weight is 271 g/mol. The summed E-state index contributed by atoms with van der Waals surface area (Å²) in [5, 5.41) is 9.72. The maximum absolute atomic E-state index is 9.38. The first-order valence-electron chi connectivity index (χ1n) is 5.54. The molecule has 0 spiro atoms. The summed E-state index contributed by atoms with van der Waals surface area (Å²) in [4.78, 5) is 5.26. The average Bonchev–Trinajstić information content (AvgIpc) is 2.33. The maximum atomic E-state index is 9.38. The van der Waals surface area contributed by atoms with Crippen molar-refractivity contribution in [2.45, 2.75) is 0 Å². The largest absolute Gasteiger partial charge is 0.506 e. The van der Waals surface area contributed by atoms with Gasteiger partial charge in [0, 0.05) is 31.7 Å². The minimum absolute atomic E-state index is 0.0941. The Labute approximate surface area is 112 Å². The number of hydrogen-bond donors (Lipinski definition) is 1. The quantitative estimate of drug-likeness (QED) is 0.790. The zero-order valence-corrected chi connectivity index (χ0v) is 11.3. The van der Waals surface area contributed by atoms with E-state index in [1.807, 2.05) is 6.07 Å². The van der Waals surface area contributed by atoms with Gasteiger partial charge < -0.3 is 14.9 Å². The van der Waals surface area contributed by atoms with Crippen LogP contribution >= 0.6 is 23.8 Å². The summed E-state index contributed by atoms with van der Waals surface area (Å²) in [5.41, 5.74) is 0.896. The molecule has 0 bridgehead atoms. The number of hydrogen-bond acceptors (Lipinski definition) is 3.